The first kappa shape index (κ1) is 13.3. The van der Waals surface area contributed by atoms with E-state index in [1.165, 1.54) is 12.0 Å². The van der Waals surface area contributed by atoms with Gasteiger partial charge in [0.2, 0.25) is 0 Å². The zero-order valence-corrected chi connectivity index (χ0v) is 11.9. The predicted molar refractivity (Wildman–Crippen MR) is 78.0 cm³/mol. The summed E-state index contributed by atoms with van der Waals surface area (Å²) in [7, 11) is 1.69. The van der Waals surface area contributed by atoms with Crippen molar-refractivity contribution in [2.45, 2.75) is 37.6 Å². The lowest BCUT2D eigenvalue weighted by molar-refractivity contribution is 0.228. The van der Waals surface area contributed by atoms with E-state index in [-0.39, 0.29) is 6.03 Å². The van der Waals surface area contributed by atoms with E-state index in [1.807, 2.05) is 12.1 Å². The van der Waals surface area contributed by atoms with Gasteiger partial charge in [0, 0.05) is 12.6 Å². The molecule has 1 aromatic carbocycles. The highest BCUT2D eigenvalue weighted by Crippen LogP contribution is 2.47. The molecule has 2 N–H and O–H groups in total. The molecule has 0 spiro atoms. The zero-order chi connectivity index (χ0) is 13.9. The van der Waals surface area contributed by atoms with Gasteiger partial charge < -0.3 is 15.4 Å². The van der Waals surface area contributed by atoms with E-state index in [9.17, 15) is 4.79 Å². The first-order chi connectivity index (χ1) is 9.76. The summed E-state index contributed by atoms with van der Waals surface area (Å²) in [4.78, 5) is 11.7. The molecule has 0 radical (unpaired) electrons. The first-order valence-electron chi connectivity index (χ1n) is 7.44. The summed E-state index contributed by atoms with van der Waals surface area (Å²) in [6.07, 6.45) is 4.65. The van der Waals surface area contributed by atoms with E-state index in [0.29, 0.717) is 17.9 Å². The van der Waals surface area contributed by atoms with Gasteiger partial charge in [0.1, 0.15) is 5.75 Å². The molecule has 4 heteroatoms. The predicted octanol–water partition coefficient (Wildman–Crippen LogP) is 2.65. The van der Waals surface area contributed by atoms with Crippen LogP contribution in [0, 0.1) is 5.92 Å². The number of hydrogen-bond donors (Lipinski definition) is 2. The van der Waals surface area contributed by atoms with Crippen LogP contribution in [0.4, 0.5) is 4.79 Å². The topological polar surface area (TPSA) is 50.4 Å². The molecule has 3 rings (SSSR count). The van der Waals surface area contributed by atoms with Crippen LogP contribution in [0.15, 0.2) is 24.3 Å². The van der Waals surface area contributed by atoms with Gasteiger partial charge in [0.05, 0.1) is 7.11 Å². The quantitative estimate of drug-likeness (QED) is 0.867. The van der Waals surface area contributed by atoms with Crippen molar-refractivity contribution in [3.05, 3.63) is 29.8 Å². The standard InChI is InChI=1S/C16H22N2O2/c1-20-14-7-2-4-11(8-14)15-9-12(15)10-17-16(19)18-13-5-3-6-13/h2,4,7-8,12-13,15H,3,5-6,9-10H2,1H3,(H2,17,18,19)/t12-,15-/m0/s1. The molecule has 2 amide bonds. The molecular weight excluding hydrogens is 252 g/mol. The Kier molecular flexibility index (Phi) is 3.81. The first-order valence-corrected chi connectivity index (χ1v) is 7.44. The van der Waals surface area contributed by atoms with Crippen molar-refractivity contribution in [2.75, 3.05) is 13.7 Å². The second kappa shape index (κ2) is 5.73. The molecule has 0 heterocycles. The molecule has 0 saturated heterocycles. The lowest BCUT2D eigenvalue weighted by Gasteiger charge is -2.26. The van der Waals surface area contributed by atoms with Crippen LogP contribution in [-0.2, 0) is 0 Å². The number of nitrogens with one attached hydrogen (secondary N) is 2. The van der Waals surface area contributed by atoms with E-state index in [2.05, 4.69) is 22.8 Å². The van der Waals surface area contributed by atoms with Gasteiger partial charge in [-0.15, -0.1) is 0 Å². The average Bonchev–Trinajstić information content (AvgIpc) is 3.20. The number of amides is 2. The van der Waals surface area contributed by atoms with Crippen LogP contribution in [0.3, 0.4) is 0 Å². The Labute approximate surface area is 119 Å². The molecule has 2 saturated carbocycles. The number of carbonyl (C=O) groups is 1. The van der Waals surface area contributed by atoms with Crippen LogP contribution in [-0.4, -0.2) is 25.7 Å². The fourth-order valence-corrected chi connectivity index (χ4v) is 2.77. The van der Waals surface area contributed by atoms with E-state index in [0.717, 1.165) is 31.6 Å². The third-order valence-electron chi connectivity index (χ3n) is 4.41. The third-order valence-corrected chi connectivity index (χ3v) is 4.41. The number of methoxy groups -OCH3 is 1. The lowest BCUT2D eigenvalue weighted by Crippen LogP contribution is -2.45. The minimum atomic E-state index is -0.00834. The van der Waals surface area contributed by atoms with Crippen molar-refractivity contribution in [3.63, 3.8) is 0 Å². The minimum Gasteiger partial charge on any atom is -0.497 e. The van der Waals surface area contributed by atoms with Gasteiger partial charge in [-0.2, -0.15) is 0 Å². The van der Waals surface area contributed by atoms with Crippen LogP contribution >= 0.6 is 0 Å². The Bertz CT molecular complexity index is 485. The summed E-state index contributed by atoms with van der Waals surface area (Å²) >= 11 is 0. The molecule has 2 fully saturated rings. The summed E-state index contributed by atoms with van der Waals surface area (Å²) in [5.41, 5.74) is 1.32. The Balaban J connectivity index is 1.43. The molecule has 0 aliphatic heterocycles. The fraction of sp³-hybridized carbons (Fsp3) is 0.562. The number of carbonyl (C=O) groups excluding carboxylic acids is 1. The monoisotopic (exact) mass is 274 g/mol. The summed E-state index contributed by atoms with van der Waals surface area (Å²) in [5.74, 6) is 2.03. The SMILES string of the molecule is COc1cccc([C@@H]2C[C@H]2CNC(=O)NC2CCC2)c1. The van der Waals surface area contributed by atoms with Gasteiger partial charge in [-0.1, -0.05) is 12.1 Å². The number of hydrogen-bond acceptors (Lipinski definition) is 2. The normalized spacial score (nSPS) is 24.6. The van der Waals surface area contributed by atoms with E-state index in [1.54, 1.807) is 7.11 Å². The van der Waals surface area contributed by atoms with Crippen molar-refractivity contribution in [1.82, 2.24) is 10.6 Å². The van der Waals surface area contributed by atoms with Crippen molar-refractivity contribution < 1.29 is 9.53 Å². The van der Waals surface area contributed by atoms with Gasteiger partial charge >= 0.3 is 6.03 Å². The Morgan fingerprint density at radius 2 is 2.25 bits per heavy atom. The van der Waals surface area contributed by atoms with E-state index >= 15 is 0 Å². The van der Waals surface area contributed by atoms with Crippen LogP contribution < -0.4 is 15.4 Å². The van der Waals surface area contributed by atoms with Crippen LogP contribution in [0.25, 0.3) is 0 Å². The second-order valence-corrected chi connectivity index (χ2v) is 5.86. The maximum atomic E-state index is 11.7. The molecule has 4 nitrogen and oxygen atoms in total. The van der Waals surface area contributed by atoms with E-state index in [4.69, 9.17) is 4.74 Å². The summed E-state index contributed by atoms with van der Waals surface area (Å²) in [5, 5.41) is 5.99. The van der Waals surface area contributed by atoms with Gasteiger partial charge in [0.15, 0.2) is 0 Å². The molecule has 1 aromatic rings. The highest BCUT2D eigenvalue weighted by atomic mass is 16.5. The van der Waals surface area contributed by atoms with Gasteiger partial charge in [-0.3, -0.25) is 0 Å². The molecule has 0 bridgehead atoms. The third kappa shape index (κ3) is 3.06. The summed E-state index contributed by atoms with van der Waals surface area (Å²) in [6, 6.07) is 8.63. The van der Waals surface area contributed by atoms with Crippen molar-refractivity contribution >= 4 is 6.03 Å². The van der Waals surface area contributed by atoms with Gasteiger partial charge in [0.25, 0.3) is 0 Å². The Morgan fingerprint density at radius 1 is 1.40 bits per heavy atom. The molecule has 0 unspecified atom stereocenters. The van der Waals surface area contributed by atoms with Crippen molar-refractivity contribution in [2.24, 2.45) is 5.92 Å². The molecule has 108 valence electrons. The Morgan fingerprint density at radius 3 is 2.95 bits per heavy atom. The smallest absolute Gasteiger partial charge is 0.315 e. The Hall–Kier alpha value is -1.71. The minimum absolute atomic E-state index is 0.00834. The highest BCUT2D eigenvalue weighted by molar-refractivity contribution is 5.74. The average molecular weight is 274 g/mol. The highest BCUT2D eigenvalue weighted by Gasteiger charge is 2.38. The molecule has 20 heavy (non-hydrogen) atoms. The zero-order valence-electron chi connectivity index (χ0n) is 11.9. The molecule has 0 aromatic heterocycles. The number of ether oxygens (including phenoxy) is 1. The summed E-state index contributed by atoms with van der Waals surface area (Å²) in [6.45, 7) is 0.764. The lowest BCUT2D eigenvalue weighted by atomic mass is 9.93. The largest absolute Gasteiger partial charge is 0.497 e. The van der Waals surface area contributed by atoms with E-state index < -0.39 is 0 Å². The van der Waals surface area contributed by atoms with Gasteiger partial charge in [-0.25, -0.2) is 4.79 Å². The fourth-order valence-electron chi connectivity index (χ4n) is 2.77. The maximum absolute atomic E-state index is 11.7. The number of urea groups is 1. The number of benzene rings is 1. The van der Waals surface area contributed by atoms with Crippen LogP contribution in [0.5, 0.6) is 5.75 Å². The van der Waals surface area contributed by atoms with Gasteiger partial charge in [-0.05, 0) is 55.2 Å². The molecule has 2 aliphatic carbocycles. The molecular formula is C16H22N2O2. The molecule has 2 aliphatic rings. The van der Waals surface area contributed by atoms with Crippen LogP contribution in [0.1, 0.15) is 37.2 Å². The van der Waals surface area contributed by atoms with Crippen LogP contribution in [0.2, 0.25) is 0 Å². The summed E-state index contributed by atoms with van der Waals surface area (Å²) < 4.78 is 5.25. The number of rotatable bonds is 5. The molecule has 2 atom stereocenters. The van der Waals surface area contributed by atoms with Crippen molar-refractivity contribution in [3.8, 4) is 5.75 Å². The van der Waals surface area contributed by atoms with Crippen molar-refractivity contribution in [1.29, 1.82) is 0 Å². The maximum Gasteiger partial charge on any atom is 0.315 e. The second-order valence-electron chi connectivity index (χ2n) is 5.86.